The zero-order chi connectivity index (χ0) is 20.3. The van der Waals surface area contributed by atoms with Gasteiger partial charge in [-0.3, -0.25) is 9.59 Å². The van der Waals surface area contributed by atoms with Crippen LogP contribution < -0.4 is 9.47 Å². The predicted molar refractivity (Wildman–Crippen MR) is 102 cm³/mol. The molecule has 0 bridgehead atoms. The van der Waals surface area contributed by atoms with E-state index < -0.39 is 23.8 Å². The first-order valence-corrected chi connectivity index (χ1v) is 9.00. The minimum absolute atomic E-state index is 0.316. The van der Waals surface area contributed by atoms with Crippen molar-refractivity contribution in [2.45, 2.75) is 11.8 Å². The smallest absolute Gasteiger partial charge is 0.310 e. The normalized spacial score (nSPS) is 23.3. The summed E-state index contributed by atoms with van der Waals surface area (Å²) in [4.78, 5) is 25.3. The number of hydrogen-bond donors (Lipinski definition) is 0. The summed E-state index contributed by atoms with van der Waals surface area (Å²) in [5, 5.41) is 0. The average molecular weight is 384 g/mol. The standard InChI is InChI=1S/C22H24O6/c1-25-15-11-7-5-9-13(15)17-18(14-10-6-8-12-16(14)26-2)20(22(24)28-4)19(17)21(23)27-3/h5-12,17-20H,1-4H3/t17-,18?,19-,20-/m0/s1. The van der Waals surface area contributed by atoms with Gasteiger partial charge in [0, 0.05) is 11.8 Å². The van der Waals surface area contributed by atoms with E-state index >= 15 is 0 Å². The number of carbonyl (C=O) groups is 2. The molecule has 1 saturated carbocycles. The van der Waals surface area contributed by atoms with Gasteiger partial charge in [-0.2, -0.15) is 0 Å². The summed E-state index contributed by atoms with van der Waals surface area (Å²) < 4.78 is 21.1. The predicted octanol–water partition coefficient (Wildman–Crippen LogP) is 3.16. The van der Waals surface area contributed by atoms with Crippen molar-refractivity contribution < 1.29 is 28.5 Å². The number of rotatable bonds is 6. The summed E-state index contributed by atoms with van der Waals surface area (Å²) in [6.07, 6.45) is 0. The Hall–Kier alpha value is -3.02. The first kappa shape index (κ1) is 19.7. The van der Waals surface area contributed by atoms with Crippen LogP contribution in [0.5, 0.6) is 11.5 Å². The Labute approximate surface area is 164 Å². The lowest BCUT2D eigenvalue weighted by Gasteiger charge is -2.49. The number of carbonyl (C=O) groups excluding carboxylic acids is 2. The maximum Gasteiger partial charge on any atom is 0.310 e. The van der Waals surface area contributed by atoms with E-state index in [2.05, 4.69) is 0 Å². The largest absolute Gasteiger partial charge is 0.496 e. The molecule has 0 amide bonds. The van der Waals surface area contributed by atoms with Crippen LogP contribution >= 0.6 is 0 Å². The number of para-hydroxylation sites is 2. The van der Waals surface area contributed by atoms with Crippen molar-refractivity contribution in [3.05, 3.63) is 59.7 Å². The van der Waals surface area contributed by atoms with Crippen molar-refractivity contribution in [1.82, 2.24) is 0 Å². The van der Waals surface area contributed by atoms with Crippen molar-refractivity contribution in [3.63, 3.8) is 0 Å². The zero-order valence-electron chi connectivity index (χ0n) is 16.4. The minimum atomic E-state index is -0.677. The van der Waals surface area contributed by atoms with Gasteiger partial charge in [0.05, 0.1) is 40.3 Å². The summed E-state index contributed by atoms with van der Waals surface area (Å²) in [6, 6.07) is 15.0. The Morgan fingerprint density at radius 1 is 0.643 bits per heavy atom. The summed E-state index contributed by atoms with van der Waals surface area (Å²) >= 11 is 0. The SMILES string of the molecule is COC(=O)[C@@H]1[C@@H](C(=O)OC)C(c2ccccc2OC)[C@@H]1c1ccccc1OC. The quantitative estimate of drug-likeness (QED) is 0.713. The molecule has 148 valence electrons. The number of methoxy groups -OCH3 is 4. The summed E-state index contributed by atoms with van der Waals surface area (Å²) in [6.45, 7) is 0. The molecular formula is C22H24O6. The number of hydrogen-bond acceptors (Lipinski definition) is 6. The van der Waals surface area contributed by atoms with Crippen LogP contribution in [0.15, 0.2) is 48.5 Å². The summed E-state index contributed by atoms with van der Waals surface area (Å²) in [5.74, 6) is -1.57. The Morgan fingerprint density at radius 2 is 1.00 bits per heavy atom. The number of ether oxygens (including phenoxy) is 4. The molecule has 4 atom stereocenters. The molecular weight excluding hydrogens is 360 g/mol. The van der Waals surface area contributed by atoms with Crippen molar-refractivity contribution in [2.24, 2.45) is 11.8 Å². The lowest BCUT2D eigenvalue weighted by molar-refractivity contribution is -0.168. The molecule has 6 heteroatoms. The van der Waals surface area contributed by atoms with Crippen LogP contribution in [0.1, 0.15) is 23.0 Å². The molecule has 0 radical (unpaired) electrons. The van der Waals surface area contributed by atoms with Gasteiger partial charge in [-0.1, -0.05) is 36.4 Å². The number of esters is 2. The van der Waals surface area contributed by atoms with Crippen LogP contribution in [0, 0.1) is 11.8 Å². The number of benzene rings is 2. The van der Waals surface area contributed by atoms with E-state index in [0.29, 0.717) is 11.5 Å². The summed E-state index contributed by atoms with van der Waals surface area (Å²) in [7, 11) is 5.82. The van der Waals surface area contributed by atoms with Gasteiger partial charge >= 0.3 is 11.9 Å². The lowest BCUT2D eigenvalue weighted by atomic mass is 9.52. The Morgan fingerprint density at radius 3 is 1.32 bits per heavy atom. The molecule has 1 aliphatic carbocycles. The van der Waals surface area contributed by atoms with Crippen LogP contribution in [0.4, 0.5) is 0 Å². The van der Waals surface area contributed by atoms with Crippen LogP contribution in [0.3, 0.4) is 0 Å². The molecule has 2 aromatic rings. The van der Waals surface area contributed by atoms with Crippen LogP contribution in [0.2, 0.25) is 0 Å². The van der Waals surface area contributed by atoms with Crippen molar-refractivity contribution in [3.8, 4) is 11.5 Å². The highest BCUT2D eigenvalue weighted by Gasteiger charge is 2.60. The van der Waals surface area contributed by atoms with Gasteiger partial charge in [0.25, 0.3) is 0 Å². The lowest BCUT2D eigenvalue weighted by Crippen LogP contribution is -2.52. The van der Waals surface area contributed by atoms with Gasteiger partial charge in [-0.25, -0.2) is 0 Å². The second kappa shape index (κ2) is 8.33. The molecule has 2 aromatic carbocycles. The second-order valence-corrected chi connectivity index (χ2v) is 6.63. The van der Waals surface area contributed by atoms with Gasteiger partial charge in [-0.05, 0) is 23.3 Å². The first-order valence-electron chi connectivity index (χ1n) is 9.00. The van der Waals surface area contributed by atoms with E-state index in [0.717, 1.165) is 11.1 Å². The third-order valence-corrected chi connectivity index (χ3v) is 5.49. The van der Waals surface area contributed by atoms with E-state index in [1.54, 1.807) is 14.2 Å². The molecule has 1 aliphatic rings. The topological polar surface area (TPSA) is 71.1 Å². The Kier molecular flexibility index (Phi) is 5.87. The van der Waals surface area contributed by atoms with Gasteiger partial charge in [0.2, 0.25) is 0 Å². The molecule has 0 aromatic heterocycles. The molecule has 0 heterocycles. The molecule has 1 unspecified atom stereocenters. The van der Waals surface area contributed by atoms with Crippen molar-refractivity contribution >= 4 is 11.9 Å². The van der Waals surface area contributed by atoms with E-state index in [-0.39, 0.29) is 11.8 Å². The highest BCUT2D eigenvalue weighted by atomic mass is 16.5. The molecule has 28 heavy (non-hydrogen) atoms. The van der Waals surface area contributed by atoms with E-state index in [1.807, 2.05) is 48.5 Å². The second-order valence-electron chi connectivity index (χ2n) is 6.63. The van der Waals surface area contributed by atoms with E-state index in [9.17, 15) is 9.59 Å². The van der Waals surface area contributed by atoms with Crippen LogP contribution in [0.25, 0.3) is 0 Å². The fourth-order valence-electron chi connectivity index (χ4n) is 4.26. The molecule has 3 rings (SSSR count). The van der Waals surface area contributed by atoms with Crippen molar-refractivity contribution in [1.29, 1.82) is 0 Å². The van der Waals surface area contributed by atoms with E-state index in [4.69, 9.17) is 18.9 Å². The third kappa shape index (κ3) is 3.19. The van der Waals surface area contributed by atoms with Gasteiger partial charge in [0.15, 0.2) is 0 Å². The molecule has 0 saturated heterocycles. The molecule has 1 fully saturated rings. The fraction of sp³-hybridized carbons (Fsp3) is 0.364. The maximum absolute atomic E-state index is 12.6. The zero-order valence-corrected chi connectivity index (χ0v) is 16.4. The molecule has 0 aliphatic heterocycles. The monoisotopic (exact) mass is 384 g/mol. The maximum atomic E-state index is 12.6. The fourth-order valence-corrected chi connectivity index (χ4v) is 4.26. The van der Waals surface area contributed by atoms with Gasteiger partial charge in [0.1, 0.15) is 11.5 Å². The molecule has 0 N–H and O–H groups in total. The Bertz CT molecular complexity index is 790. The van der Waals surface area contributed by atoms with Crippen LogP contribution in [-0.4, -0.2) is 40.4 Å². The third-order valence-electron chi connectivity index (χ3n) is 5.49. The van der Waals surface area contributed by atoms with Crippen LogP contribution in [-0.2, 0) is 19.1 Å². The van der Waals surface area contributed by atoms with E-state index in [1.165, 1.54) is 14.2 Å². The minimum Gasteiger partial charge on any atom is -0.496 e. The molecule has 0 spiro atoms. The molecule has 6 nitrogen and oxygen atoms in total. The van der Waals surface area contributed by atoms with Gasteiger partial charge < -0.3 is 18.9 Å². The first-order chi connectivity index (χ1) is 13.6. The van der Waals surface area contributed by atoms with Gasteiger partial charge in [-0.15, -0.1) is 0 Å². The Balaban J connectivity index is 2.18. The highest BCUT2D eigenvalue weighted by molar-refractivity contribution is 5.87. The average Bonchev–Trinajstić information content (AvgIpc) is 2.73. The highest BCUT2D eigenvalue weighted by Crippen LogP contribution is 2.61. The summed E-state index contributed by atoms with van der Waals surface area (Å²) in [5.41, 5.74) is 1.69. The van der Waals surface area contributed by atoms with Crippen molar-refractivity contribution in [2.75, 3.05) is 28.4 Å².